The molecule has 0 saturated heterocycles. The lowest BCUT2D eigenvalue weighted by Gasteiger charge is -2.09. The quantitative estimate of drug-likeness (QED) is 0.775. The van der Waals surface area contributed by atoms with E-state index in [9.17, 15) is 17.6 Å². The Labute approximate surface area is 133 Å². The van der Waals surface area contributed by atoms with Gasteiger partial charge in [0.15, 0.2) is 0 Å². The van der Waals surface area contributed by atoms with Crippen molar-refractivity contribution in [1.82, 2.24) is 0 Å². The Morgan fingerprint density at radius 2 is 1.78 bits per heavy atom. The molecule has 2 aromatic rings. The van der Waals surface area contributed by atoms with Crippen molar-refractivity contribution in [2.45, 2.75) is 11.8 Å². The molecule has 0 fully saturated rings. The molecule has 0 saturated carbocycles. The molecule has 0 atom stereocenters. The maximum Gasteiger partial charge on any atom is 0.243 e. The molecule has 0 aliphatic carbocycles. The molecule has 0 spiro atoms. The predicted octanol–water partition coefficient (Wildman–Crippen LogP) is 1.83. The molecule has 0 radical (unpaired) electrons. The van der Waals surface area contributed by atoms with Crippen LogP contribution >= 0.6 is 0 Å². The lowest BCUT2D eigenvalue weighted by Crippen LogP contribution is -2.22. The van der Waals surface area contributed by atoms with Gasteiger partial charge in [-0.15, -0.1) is 0 Å². The first kappa shape index (κ1) is 16.9. The normalized spacial score (nSPS) is 11.1. The van der Waals surface area contributed by atoms with E-state index in [1.165, 1.54) is 36.4 Å². The topological polar surface area (TPSA) is 101 Å². The average Bonchev–Trinajstić information content (AvgIpc) is 2.44. The van der Waals surface area contributed by atoms with E-state index < -0.39 is 10.0 Å². The lowest BCUT2D eigenvalue weighted by molar-refractivity contribution is -0.114. The number of nitrogens with two attached hydrogens (primary N) is 1. The summed E-state index contributed by atoms with van der Waals surface area (Å²) in [5.74, 6) is -0.734. The maximum atomic E-state index is 13.2. The molecule has 0 aromatic heterocycles. The van der Waals surface area contributed by atoms with Gasteiger partial charge in [-0.3, -0.25) is 4.79 Å². The number of amides is 1. The highest BCUT2D eigenvalue weighted by atomic mass is 32.2. The molecule has 1 amide bonds. The fraction of sp³-hybridized carbons (Fsp3) is 0.133. The highest BCUT2D eigenvalue weighted by Crippen LogP contribution is 2.14. The number of hydrogen-bond acceptors (Lipinski definition) is 4. The molecule has 122 valence electrons. The highest BCUT2D eigenvalue weighted by Gasteiger charge is 2.08. The van der Waals surface area contributed by atoms with Crippen molar-refractivity contribution in [3.8, 4) is 0 Å². The second-order valence-corrected chi connectivity index (χ2v) is 6.55. The third kappa shape index (κ3) is 5.04. The van der Waals surface area contributed by atoms with Crippen LogP contribution in [0.1, 0.15) is 5.56 Å². The van der Waals surface area contributed by atoms with Crippen LogP contribution in [0.25, 0.3) is 0 Å². The van der Waals surface area contributed by atoms with Crippen molar-refractivity contribution in [2.75, 3.05) is 17.2 Å². The van der Waals surface area contributed by atoms with Gasteiger partial charge in [-0.1, -0.05) is 0 Å². The molecule has 2 rings (SSSR count). The van der Waals surface area contributed by atoms with Crippen molar-refractivity contribution in [3.63, 3.8) is 0 Å². The van der Waals surface area contributed by atoms with Crippen molar-refractivity contribution in [3.05, 3.63) is 53.8 Å². The molecule has 0 heterocycles. The van der Waals surface area contributed by atoms with E-state index in [1.54, 1.807) is 13.0 Å². The summed E-state index contributed by atoms with van der Waals surface area (Å²) in [6.45, 7) is 1.70. The van der Waals surface area contributed by atoms with Gasteiger partial charge in [-0.2, -0.15) is 0 Å². The summed E-state index contributed by atoms with van der Waals surface area (Å²) in [6, 6.07) is 9.87. The smallest absolute Gasteiger partial charge is 0.243 e. The molecule has 6 nitrogen and oxygen atoms in total. The monoisotopic (exact) mass is 337 g/mol. The van der Waals surface area contributed by atoms with Crippen LogP contribution in [0.15, 0.2) is 47.4 Å². The second-order valence-electron chi connectivity index (χ2n) is 4.99. The molecular weight excluding hydrogens is 321 g/mol. The third-order valence-corrected chi connectivity index (χ3v) is 3.89. The van der Waals surface area contributed by atoms with Crippen molar-refractivity contribution in [2.24, 2.45) is 5.14 Å². The van der Waals surface area contributed by atoms with Gasteiger partial charge in [0.2, 0.25) is 15.9 Å². The van der Waals surface area contributed by atoms with Crippen LogP contribution in [0.2, 0.25) is 0 Å². The van der Waals surface area contributed by atoms with Crippen LogP contribution in [-0.4, -0.2) is 20.9 Å². The number of carbonyl (C=O) groups excluding carboxylic acids is 1. The highest BCUT2D eigenvalue weighted by molar-refractivity contribution is 7.89. The van der Waals surface area contributed by atoms with E-state index in [0.717, 1.165) is 5.56 Å². The van der Waals surface area contributed by atoms with Crippen LogP contribution in [0, 0.1) is 12.7 Å². The predicted molar refractivity (Wildman–Crippen MR) is 86.1 cm³/mol. The fourth-order valence-electron chi connectivity index (χ4n) is 1.95. The van der Waals surface area contributed by atoms with Crippen molar-refractivity contribution in [1.29, 1.82) is 0 Å². The summed E-state index contributed by atoms with van der Waals surface area (Å²) >= 11 is 0. The largest absolute Gasteiger partial charge is 0.376 e. The first-order chi connectivity index (χ1) is 10.7. The third-order valence-electron chi connectivity index (χ3n) is 2.96. The van der Waals surface area contributed by atoms with Gasteiger partial charge in [-0.05, 0) is 55.0 Å². The van der Waals surface area contributed by atoms with Crippen LogP contribution in [-0.2, 0) is 14.8 Å². The van der Waals surface area contributed by atoms with Gasteiger partial charge in [0.25, 0.3) is 0 Å². The SMILES string of the molecule is Cc1cc(F)cc(NCC(=O)Nc2ccc(S(N)(=O)=O)cc2)c1. The molecule has 4 N–H and O–H groups in total. The van der Waals surface area contributed by atoms with Gasteiger partial charge in [0.1, 0.15) is 5.82 Å². The number of halogens is 1. The maximum absolute atomic E-state index is 13.2. The van der Waals surface area contributed by atoms with Crippen LogP contribution in [0.3, 0.4) is 0 Å². The zero-order chi connectivity index (χ0) is 17.0. The molecule has 0 bridgehead atoms. The lowest BCUT2D eigenvalue weighted by atomic mass is 10.2. The zero-order valence-electron chi connectivity index (χ0n) is 12.3. The first-order valence-corrected chi connectivity index (χ1v) is 8.22. The Kier molecular flexibility index (Phi) is 4.97. The number of benzene rings is 2. The fourth-order valence-corrected chi connectivity index (χ4v) is 2.47. The summed E-state index contributed by atoms with van der Waals surface area (Å²) in [5.41, 5.74) is 1.67. The number of hydrogen-bond donors (Lipinski definition) is 3. The molecular formula is C15H16FN3O3S. The Morgan fingerprint density at radius 1 is 1.13 bits per heavy atom. The van der Waals surface area contributed by atoms with Crippen LogP contribution in [0.4, 0.5) is 15.8 Å². The minimum atomic E-state index is -3.76. The summed E-state index contributed by atoms with van der Waals surface area (Å²) in [7, 11) is -3.76. The molecule has 8 heteroatoms. The van der Waals surface area contributed by atoms with E-state index in [-0.39, 0.29) is 23.2 Å². The van der Waals surface area contributed by atoms with Gasteiger partial charge in [0.05, 0.1) is 11.4 Å². The number of aryl methyl sites for hydroxylation is 1. The summed E-state index contributed by atoms with van der Waals surface area (Å²) in [5, 5.41) is 10.4. The summed E-state index contributed by atoms with van der Waals surface area (Å²) in [6.07, 6.45) is 0. The van der Waals surface area contributed by atoms with Gasteiger partial charge >= 0.3 is 0 Å². The van der Waals surface area contributed by atoms with Gasteiger partial charge in [-0.25, -0.2) is 17.9 Å². The summed E-state index contributed by atoms with van der Waals surface area (Å²) in [4.78, 5) is 11.8. The zero-order valence-corrected chi connectivity index (χ0v) is 13.2. The molecule has 2 aromatic carbocycles. The van der Waals surface area contributed by atoms with Crippen LogP contribution in [0.5, 0.6) is 0 Å². The van der Waals surface area contributed by atoms with Gasteiger partial charge in [0, 0.05) is 11.4 Å². The number of primary sulfonamides is 1. The molecule has 0 aliphatic rings. The number of rotatable bonds is 5. The van der Waals surface area contributed by atoms with E-state index >= 15 is 0 Å². The van der Waals surface area contributed by atoms with Gasteiger partial charge < -0.3 is 10.6 Å². The minimum Gasteiger partial charge on any atom is -0.376 e. The number of sulfonamides is 1. The second kappa shape index (κ2) is 6.76. The first-order valence-electron chi connectivity index (χ1n) is 6.68. The molecule has 23 heavy (non-hydrogen) atoms. The van der Waals surface area contributed by atoms with E-state index in [0.29, 0.717) is 11.4 Å². The number of nitrogens with one attached hydrogen (secondary N) is 2. The minimum absolute atomic E-state index is 0.0381. The van der Waals surface area contributed by atoms with Crippen LogP contribution < -0.4 is 15.8 Å². The summed E-state index contributed by atoms with van der Waals surface area (Å²) < 4.78 is 35.5. The Hall–Kier alpha value is -2.45. The van der Waals surface area contributed by atoms with E-state index in [1.807, 2.05) is 0 Å². The molecule has 0 aliphatic heterocycles. The van der Waals surface area contributed by atoms with E-state index in [4.69, 9.17) is 5.14 Å². The van der Waals surface area contributed by atoms with E-state index in [2.05, 4.69) is 10.6 Å². The van der Waals surface area contributed by atoms with Crippen molar-refractivity contribution >= 4 is 27.3 Å². The standard InChI is InChI=1S/C15H16FN3O3S/c1-10-6-11(16)8-13(7-10)18-9-15(20)19-12-2-4-14(5-3-12)23(17,21)22/h2-8,18H,9H2,1H3,(H,19,20)(H2,17,21,22). The van der Waals surface area contributed by atoms with Crippen molar-refractivity contribution < 1.29 is 17.6 Å². The number of carbonyl (C=O) groups is 1. The molecule has 0 unspecified atom stereocenters. The Morgan fingerprint density at radius 3 is 2.35 bits per heavy atom. The number of anilines is 2. The average molecular weight is 337 g/mol. The Bertz CT molecular complexity index is 800. The Balaban J connectivity index is 1.94.